The summed E-state index contributed by atoms with van der Waals surface area (Å²) in [6.07, 6.45) is 10.8. The molecule has 0 aliphatic heterocycles. The van der Waals surface area contributed by atoms with E-state index < -0.39 is 0 Å². The molecule has 0 aromatic heterocycles. The van der Waals surface area contributed by atoms with Crippen LogP contribution in [0.4, 0.5) is 0 Å². The Balaban J connectivity index is 1.54. The largest absolute Gasteiger partial charge is 0.0945 e. The lowest BCUT2D eigenvalue weighted by molar-refractivity contribution is 0.384. The lowest BCUT2D eigenvalue weighted by Crippen LogP contribution is -2.12. The number of halogens is 1. The van der Waals surface area contributed by atoms with Gasteiger partial charge in [-0.15, -0.1) is 0 Å². The Morgan fingerprint density at radius 1 is 0.893 bits per heavy atom. The Morgan fingerprint density at radius 3 is 2.29 bits per heavy atom. The number of hydrogen-bond acceptors (Lipinski definition) is 0. The first-order valence-electron chi connectivity index (χ1n) is 11.1. The average Bonchev–Trinajstić information content (AvgIpc) is 2.73. The number of aryl methyl sites for hydroxylation is 2. The molecule has 28 heavy (non-hydrogen) atoms. The summed E-state index contributed by atoms with van der Waals surface area (Å²) in [6, 6.07) is 15.7. The third-order valence-corrected chi connectivity index (χ3v) is 6.34. The highest BCUT2D eigenvalue weighted by atomic mass is 35.5. The molecule has 0 radical (unpaired) electrons. The van der Waals surface area contributed by atoms with Crippen LogP contribution >= 0.6 is 11.6 Å². The van der Waals surface area contributed by atoms with Crippen molar-refractivity contribution in [3.05, 3.63) is 69.7 Å². The summed E-state index contributed by atoms with van der Waals surface area (Å²) in [6.45, 7) is 4.45. The molecular formula is C27H33Cl. The predicted molar refractivity (Wildman–Crippen MR) is 122 cm³/mol. The van der Waals surface area contributed by atoms with Gasteiger partial charge < -0.3 is 0 Å². The molecule has 0 spiro atoms. The number of unbranched alkanes of at least 4 members (excludes halogenated alkanes) is 1. The van der Waals surface area contributed by atoms with E-state index in [0.717, 1.165) is 17.0 Å². The minimum Gasteiger partial charge on any atom is -0.0945 e. The van der Waals surface area contributed by atoms with Gasteiger partial charge in [0, 0.05) is 16.5 Å². The zero-order valence-electron chi connectivity index (χ0n) is 17.4. The van der Waals surface area contributed by atoms with E-state index >= 15 is 0 Å². The lowest BCUT2D eigenvalue weighted by atomic mass is 9.78. The van der Waals surface area contributed by atoms with Gasteiger partial charge in [-0.2, -0.15) is 0 Å². The topological polar surface area (TPSA) is 0 Å². The standard InChI is InChI=1S/C27H33Cl/c1-3-5-7-26-19-14-23(20-27(26)28)9-8-22-12-17-25(18-13-22)24-15-10-21(6-4-2)11-16-24/h10-11,14-16,19-20,22,25H,3-7,12-13,17-18H2,1-2H3/t22-,25-. The van der Waals surface area contributed by atoms with E-state index in [2.05, 4.69) is 62.1 Å². The van der Waals surface area contributed by atoms with Gasteiger partial charge in [0.2, 0.25) is 0 Å². The molecular weight excluding hydrogens is 360 g/mol. The fourth-order valence-electron chi connectivity index (χ4n) is 4.20. The van der Waals surface area contributed by atoms with Crippen LogP contribution in [0, 0.1) is 17.8 Å². The van der Waals surface area contributed by atoms with Crippen LogP contribution in [0.1, 0.15) is 87.0 Å². The van der Waals surface area contributed by atoms with E-state index in [-0.39, 0.29) is 0 Å². The molecule has 1 fully saturated rings. The van der Waals surface area contributed by atoms with Crippen molar-refractivity contribution in [1.82, 2.24) is 0 Å². The number of hydrogen-bond donors (Lipinski definition) is 0. The van der Waals surface area contributed by atoms with Crippen molar-refractivity contribution in [2.45, 2.75) is 77.6 Å². The smallest absolute Gasteiger partial charge is 0.0450 e. The molecule has 0 unspecified atom stereocenters. The van der Waals surface area contributed by atoms with Gasteiger partial charge in [0.25, 0.3) is 0 Å². The monoisotopic (exact) mass is 392 g/mol. The summed E-state index contributed by atoms with van der Waals surface area (Å²) >= 11 is 6.44. The van der Waals surface area contributed by atoms with Crippen LogP contribution in [0.25, 0.3) is 0 Å². The molecule has 0 N–H and O–H groups in total. The van der Waals surface area contributed by atoms with Crippen LogP contribution < -0.4 is 0 Å². The maximum Gasteiger partial charge on any atom is 0.0450 e. The Hall–Kier alpha value is -1.71. The van der Waals surface area contributed by atoms with Crippen molar-refractivity contribution >= 4 is 11.6 Å². The summed E-state index contributed by atoms with van der Waals surface area (Å²) in [5, 5.41) is 0.871. The summed E-state index contributed by atoms with van der Waals surface area (Å²) in [5.74, 6) is 8.13. The highest BCUT2D eigenvalue weighted by Gasteiger charge is 2.21. The van der Waals surface area contributed by atoms with Crippen molar-refractivity contribution in [1.29, 1.82) is 0 Å². The fraction of sp³-hybridized carbons (Fsp3) is 0.481. The maximum absolute atomic E-state index is 6.44. The van der Waals surface area contributed by atoms with E-state index in [4.69, 9.17) is 11.6 Å². The quantitative estimate of drug-likeness (QED) is 0.437. The second-order valence-corrected chi connectivity index (χ2v) is 8.63. The maximum atomic E-state index is 6.44. The second kappa shape index (κ2) is 10.7. The van der Waals surface area contributed by atoms with Gasteiger partial charge in [-0.25, -0.2) is 0 Å². The third kappa shape index (κ3) is 5.89. The van der Waals surface area contributed by atoms with E-state index in [1.54, 1.807) is 0 Å². The number of benzene rings is 2. The average molecular weight is 393 g/mol. The van der Waals surface area contributed by atoms with Crippen LogP contribution in [0.15, 0.2) is 42.5 Å². The van der Waals surface area contributed by atoms with Gasteiger partial charge in [-0.1, -0.05) is 80.5 Å². The van der Waals surface area contributed by atoms with Gasteiger partial charge in [0.15, 0.2) is 0 Å². The Bertz CT molecular complexity index is 798. The SMILES string of the molecule is CCCCc1ccc(C#C[C@H]2CC[C@H](c3ccc(CCC)cc3)CC2)cc1Cl. The first-order valence-corrected chi connectivity index (χ1v) is 11.5. The van der Waals surface area contributed by atoms with E-state index in [0.29, 0.717) is 11.8 Å². The molecule has 2 aromatic carbocycles. The predicted octanol–water partition coefficient (Wildman–Crippen LogP) is 7.96. The summed E-state index contributed by atoms with van der Waals surface area (Å²) in [4.78, 5) is 0. The van der Waals surface area contributed by atoms with Crippen molar-refractivity contribution < 1.29 is 0 Å². The van der Waals surface area contributed by atoms with Gasteiger partial charge in [-0.3, -0.25) is 0 Å². The molecule has 0 amide bonds. The Morgan fingerprint density at radius 2 is 1.64 bits per heavy atom. The fourth-order valence-corrected chi connectivity index (χ4v) is 4.47. The van der Waals surface area contributed by atoms with Gasteiger partial charge in [0.05, 0.1) is 0 Å². The first kappa shape index (κ1) is 21.0. The molecule has 1 saturated carbocycles. The number of rotatable bonds is 6. The molecule has 0 saturated heterocycles. The molecule has 0 atom stereocenters. The molecule has 0 heterocycles. The minimum atomic E-state index is 0.522. The summed E-state index contributed by atoms with van der Waals surface area (Å²) in [5.41, 5.74) is 5.28. The van der Waals surface area contributed by atoms with Gasteiger partial charge >= 0.3 is 0 Å². The molecule has 2 aromatic rings. The van der Waals surface area contributed by atoms with Crippen molar-refractivity contribution in [2.24, 2.45) is 5.92 Å². The normalized spacial score (nSPS) is 19.1. The van der Waals surface area contributed by atoms with Crippen LogP contribution in [0.3, 0.4) is 0 Å². The van der Waals surface area contributed by atoms with Crippen LogP contribution in [-0.4, -0.2) is 0 Å². The van der Waals surface area contributed by atoms with Crippen molar-refractivity contribution in [2.75, 3.05) is 0 Å². The molecule has 1 aliphatic rings. The molecule has 0 bridgehead atoms. The van der Waals surface area contributed by atoms with Gasteiger partial charge in [-0.05, 0) is 79.7 Å². The summed E-state index contributed by atoms with van der Waals surface area (Å²) < 4.78 is 0. The molecule has 1 aliphatic carbocycles. The molecule has 148 valence electrons. The van der Waals surface area contributed by atoms with Crippen LogP contribution in [0.2, 0.25) is 5.02 Å². The van der Waals surface area contributed by atoms with Gasteiger partial charge in [0.1, 0.15) is 0 Å². The summed E-state index contributed by atoms with van der Waals surface area (Å²) in [7, 11) is 0. The molecule has 3 rings (SSSR count). The van der Waals surface area contributed by atoms with Crippen molar-refractivity contribution in [3.8, 4) is 11.8 Å². The second-order valence-electron chi connectivity index (χ2n) is 8.22. The van der Waals surface area contributed by atoms with Crippen LogP contribution in [-0.2, 0) is 12.8 Å². The highest BCUT2D eigenvalue weighted by Crippen LogP contribution is 2.35. The zero-order chi connectivity index (χ0) is 19.8. The van der Waals surface area contributed by atoms with E-state index in [9.17, 15) is 0 Å². The molecule has 0 nitrogen and oxygen atoms in total. The van der Waals surface area contributed by atoms with E-state index in [1.807, 2.05) is 6.07 Å². The third-order valence-electron chi connectivity index (χ3n) is 5.99. The Labute approximate surface area is 176 Å². The van der Waals surface area contributed by atoms with E-state index in [1.165, 1.54) is 68.1 Å². The van der Waals surface area contributed by atoms with Crippen molar-refractivity contribution in [3.63, 3.8) is 0 Å². The first-order chi connectivity index (χ1) is 13.7. The minimum absolute atomic E-state index is 0.522. The zero-order valence-corrected chi connectivity index (χ0v) is 18.2. The highest BCUT2D eigenvalue weighted by molar-refractivity contribution is 6.31. The lowest BCUT2D eigenvalue weighted by Gasteiger charge is -2.26. The molecule has 1 heteroatoms. The van der Waals surface area contributed by atoms with Crippen LogP contribution in [0.5, 0.6) is 0 Å². The Kier molecular flexibility index (Phi) is 8.05.